The Hall–Kier alpha value is -3.74. The lowest BCUT2D eigenvalue weighted by Gasteiger charge is -2.26. The first kappa shape index (κ1) is 18.3. The number of ether oxygens (including phenoxy) is 2. The first-order valence-electron chi connectivity index (χ1n) is 9.75. The molecule has 0 bridgehead atoms. The third-order valence-corrected chi connectivity index (χ3v) is 5.24. The highest BCUT2D eigenvalue weighted by molar-refractivity contribution is 5.95. The molecule has 1 aromatic heterocycles. The Morgan fingerprint density at radius 2 is 1.90 bits per heavy atom. The van der Waals surface area contributed by atoms with Gasteiger partial charge >= 0.3 is 0 Å². The summed E-state index contributed by atoms with van der Waals surface area (Å²) in [7, 11) is 0. The molecular weight excluding hydrogens is 384 g/mol. The Morgan fingerprint density at radius 1 is 1.03 bits per heavy atom. The molecule has 2 aliphatic rings. The van der Waals surface area contributed by atoms with Gasteiger partial charge < -0.3 is 24.1 Å². The smallest absolute Gasteiger partial charge is 0.254 e. The minimum absolute atomic E-state index is 0.0469. The van der Waals surface area contributed by atoms with Gasteiger partial charge in [-0.2, -0.15) is 0 Å². The molecule has 0 radical (unpaired) electrons. The number of carbonyl (C=O) groups is 2. The minimum atomic E-state index is -0.122. The van der Waals surface area contributed by atoms with Gasteiger partial charge in [0.1, 0.15) is 11.5 Å². The average molecular weight is 404 g/mol. The fourth-order valence-electron chi connectivity index (χ4n) is 3.81. The van der Waals surface area contributed by atoms with Crippen LogP contribution in [0.15, 0.2) is 52.9 Å². The van der Waals surface area contributed by atoms with Crippen molar-refractivity contribution in [1.29, 1.82) is 0 Å². The molecule has 3 heterocycles. The standard InChI is InChI=1S/C23H20N2O5/c1-14(26)24-18-4-2-3-15(9-18)21-11-17-12-25(8-7-19(17)30-21)23(27)16-5-6-20-22(10-16)29-13-28-20/h2-6,9-11H,7-8,12-13H2,1H3,(H,24,26). The predicted molar refractivity (Wildman–Crippen MR) is 109 cm³/mol. The van der Waals surface area contributed by atoms with Gasteiger partial charge in [-0.3, -0.25) is 9.59 Å². The molecule has 0 fully saturated rings. The fourth-order valence-corrected chi connectivity index (χ4v) is 3.81. The third kappa shape index (κ3) is 3.39. The number of benzene rings is 2. The van der Waals surface area contributed by atoms with Crippen molar-refractivity contribution >= 4 is 17.5 Å². The quantitative estimate of drug-likeness (QED) is 0.718. The van der Waals surface area contributed by atoms with Crippen molar-refractivity contribution in [3.8, 4) is 22.8 Å². The second kappa shape index (κ2) is 7.26. The van der Waals surface area contributed by atoms with Crippen molar-refractivity contribution in [3.05, 3.63) is 65.4 Å². The van der Waals surface area contributed by atoms with Crippen LogP contribution in [-0.4, -0.2) is 30.1 Å². The number of furan rings is 1. The molecule has 152 valence electrons. The summed E-state index contributed by atoms with van der Waals surface area (Å²) >= 11 is 0. The molecule has 0 saturated carbocycles. The molecule has 2 aliphatic heterocycles. The maximum absolute atomic E-state index is 13.0. The maximum atomic E-state index is 13.0. The Bertz CT molecular complexity index is 1150. The molecule has 3 aromatic rings. The Balaban J connectivity index is 1.36. The third-order valence-electron chi connectivity index (χ3n) is 5.24. The number of carbonyl (C=O) groups excluding carboxylic acids is 2. The number of nitrogens with one attached hydrogen (secondary N) is 1. The van der Waals surface area contributed by atoms with Gasteiger partial charge in [-0.15, -0.1) is 0 Å². The lowest BCUT2D eigenvalue weighted by molar-refractivity contribution is -0.114. The monoisotopic (exact) mass is 404 g/mol. The molecule has 0 unspecified atom stereocenters. The van der Waals surface area contributed by atoms with Gasteiger partial charge in [-0.05, 0) is 36.4 Å². The predicted octanol–water partition coefficient (Wildman–Crippen LogP) is 3.83. The summed E-state index contributed by atoms with van der Waals surface area (Å²) in [5, 5.41) is 2.78. The SMILES string of the molecule is CC(=O)Nc1cccc(-c2cc3c(o2)CCN(C(=O)c2ccc4c(c2)OCO4)C3)c1. The highest BCUT2D eigenvalue weighted by atomic mass is 16.7. The molecule has 0 saturated heterocycles. The van der Waals surface area contributed by atoms with Crippen LogP contribution >= 0.6 is 0 Å². The maximum Gasteiger partial charge on any atom is 0.254 e. The highest BCUT2D eigenvalue weighted by Crippen LogP contribution is 2.34. The van der Waals surface area contributed by atoms with Crippen molar-refractivity contribution in [1.82, 2.24) is 4.90 Å². The lowest BCUT2D eigenvalue weighted by atomic mass is 10.1. The van der Waals surface area contributed by atoms with Crippen molar-refractivity contribution in [2.75, 3.05) is 18.7 Å². The Kier molecular flexibility index (Phi) is 4.43. The fraction of sp³-hybridized carbons (Fsp3) is 0.217. The number of nitrogens with zero attached hydrogens (tertiary/aromatic N) is 1. The molecule has 0 spiro atoms. The molecule has 5 rings (SSSR count). The summed E-state index contributed by atoms with van der Waals surface area (Å²) < 4.78 is 16.8. The molecule has 1 N–H and O–H groups in total. The van der Waals surface area contributed by atoms with E-state index in [-0.39, 0.29) is 18.6 Å². The first-order valence-corrected chi connectivity index (χ1v) is 9.75. The topological polar surface area (TPSA) is 81.0 Å². The minimum Gasteiger partial charge on any atom is -0.461 e. The van der Waals surface area contributed by atoms with E-state index in [2.05, 4.69) is 5.32 Å². The number of hydrogen-bond acceptors (Lipinski definition) is 5. The number of anilines is 1. The molecular formula is C23H20N2O5. The average Bonchev–Trinajstić information content (AvgIpc) is 3.38. The summed E-state index contributed by atoms with van der Waals surface area (Å²) in [5.41, 5.74) is 3.17. The van der Waals surface area contributed by atoms with Crippen LogP contribution in [0, 0.1) is 0 Å². The van der Waals surface area contributed by atoms with Gasteiger partial charge in [0.05, 0.1) is 0 Å². The summed E-state index contributed by atoms with van der Waals surface area (Å²) in [5.74, 6) is 2.71. The highest BCUT2D eigenvalue weighted by Gasteiger charge is 2.26. The van der Waals surface area contributed by atoms with Crippen LogP contribution in [0.4, 0.5) is 5.69 Å². The van der Waals surface area contributed by atoms with Gasteiger partial charge in [-0.25, -0.2) is 0 Å². The number of hydrogen-bond donors (Lipinski definition) is 1. The lowest BCUT2D eigenvalue weighted by Crippen LogP contribution is -2.35. The molecule has 30 heavy (non-hydrogen) atoms. The Morgan fingerprint density at radius 3 is 2.77 bits per heavy atom. The largest absolute Gasteiger partial charge is 0.461 e. The summed E-state index contributed by atoms with van der Waals surface area (Å²) in [6, 6.07) is 14.8. The molecule has 7 heteroatoms. The normalized spacial score (nSPS) is 14.4. The molecule has 0 atom stereocenters. The van der Waals surface area contributed by atoms with Crippen LogP contribution in [0.3, 0.4) is 0 Å². The number of fused-ring (bicyclic) bond motifs is 2. The van der Waals surface area contributed by atoms with E-state index in [1.54, 1.807) is 18.2 Å². The van der Waals surface area contributed by atoms with Crippen molar-refractivity contribution < 1.29 is 23.5 Å². The summed E-state index contributed by atoms with van der Waals surface area (Å²) in [6.45, 7) is 2.72. The summed E-state index contributed by atoms with van der Waals surface area (Å²) in [6.07, 6.45) is 0.650. The zero-order valence-electron chi connectivity index (χ0n) is 16.4. The van der Waals surface area contributed by atoms with E-state index in [0.29, 0.717) is 42.3 Å². The van der Waals surface area contributed by atoms with Crippen LogP contribution in [-0.2, 0) is 17.8 Å². The van der Waals surface area contributed by atoms with Gasteiger partial charge in [0.25, 0.3) is 5.91 Å². The van der Waals surface area contributed by atoms with Crippen LogP contribution in [0.1, 0.15) is 28.6 Å². The van der Waals surface area contributed by atoms with E-state index in [4.69, 9.17) is 13.9 Å². The van der Waals surface area contributed by atoms with Crippen molar-refractivity contribution in [3.63, 3.8) is 0 Å². The van der Waals surface area contributed by atoms with Gasteiger partial charge in [0.15, 0.2) is 11.5 Å². The van der Waals surface area contributed by atoms with E-state index in [1.807, 2.05) is 35.2 Å². The molecule has 0 aliphatic carbocycles. The summed E-state index contributed by atoms with van der Waals surface area (Å²) in [4.78, 5) is 26.1. The molecule has 7 nitrogen and oxygen atoms in total. The molecule has 2 amide bonds. The molecule has 2 aromatic carbocycles. The van der Waals surface area contributed by atoms with Crippen LogP contribution in [0.5, 0.6) is 11.5 Å². The van der Waals surface area contributed by atoms with Crippen LogP contribution in [0.25, 0.3) is 11.3 Å². The van der Waals surface area contributed by atoms with E-state index in [0.717, 1.165) is 22.6 Å². The van der Waals surface area contributed by atoms with Crippen molar-refractivity contribution in [2.45, 2.75) is 19.9 Å². The second-order valence-corrected chi connectivity index (χ2v) is 7.37. The van der Waals surface area contributed by atoms with E-state index in [9.17, 15) is 9.59 Å². The van der Waals surface area contributed by atoms with E-state index >= 15 is 0 Å². The van der Waals surface area contributed by atoms with E-state index in [1.165, 1.54) is 6.92 Å². The zero-order valence-corrected chi connectivity index (χ0v) is 16.4. The van der Waals surface area contributed by atoms with Crippen molar-refractivity contribution in [2.24, 2.45) is 0 Å². The van der Waals surface area contributed by atoms with Gasteiger partial charge in [-0.1, -0.05) is 12.1 Å². The second-order valence-electron chi connectivity index (χ2n) is 7.37. The van der Waals surface area contributed by atoms with E-state index < -0.39 is 0 Å². The Labute approximate surface area is 173 Å². The number of amides is 2. The first-order chi connectivity index (χ1) is 14.6. The van der Waals surface area contributed by atoms with Crippen LogP contribution < -0.4 is 14.8 Å². The van der Waals surface area contributed by atoms with Crippen LogP contribution in [0.2, 0.25) is 0 Å². The zero-order chi connectivity index (χ0) is 20.7. The van der Waals surface area contributed by atoms with Gasteiger partial charge in [0.2, 0.25) is 12.7 Å². The number of rotatable bonds is 3. The van der Waals surface area contributed by atoms with Gasteiger partial charge in [0, 0.05) is 48.8 Å².